The van der Waals surface area contributed by atoms with Crippen molar-refractivity contribution in [2.24, 2.45) is 5.92 Å². The minimum absolute atomic E-state index is 0.239. The van der Waals surface area contributed by atoms with Gasteiger partial charge < -0.3 is 9.80 Å². The smallest absolute Gasteiger partial charge is 0.307 e. The molecule has 0 N–H and O–H groups in total. The highest BCUT2D eigenvalue weighted by molar-refractivity contribution is 6.08. The second-order valence-corrected chi connectivity index (χ2v) is 9.27. The van der Waals surface area contributed by atoms with Crippen LogP contribution in [0.4, 0.5) is 27.6 Å². The number of halogens is 5. The van der Waals surface area contributed by atoms with Crippen molar-refractivity contribution in [3.63, 3.8) is 0 Å². The minimum atomic E-state index is -4.90. The van der Waals surface area contributed by atoms with Crippen LogP contribution < -0.4 is 4.90 Å². The second-order valence-electron chi connectivity index (χ2n) is 9.27. The summed E-state index contributed by atoms with van der Waals surface area (Å²) in [6, 6.07) is 6.52. The maximum absolute atomic E-state index is 14.2. The molecule has 170 valence electrons. The Kier molecular flexibility index (Phi) is 5.04. The van der Waals surface area contributed by atoms with Gasteiger partial charge in [-0.2, -0.15) is 13.2 Å². The van der Waals surface area contributed by atoms with Crippen LogP contribution in [0.5, 0.6) is 0 Å². The van der Waals surface area contributed by atoms with Gasteiger partial charge in [-0.15, -0.1) is 0 Å². The molecule has 0 aromatic heterocycles. The summed E-state index contributed by atoms with van der Waals surface area (Å²) < 4.78 is 67.3. The lowest BCUT2D eigenvalue weighted by Crippen LogP contribution is -2.46. The van der Waals surface area contributed by atoms with Gasteiger partial charge in [-0.05, 0) is 86.7 Å². The topological polar surface area (TPSA) is 23.6 Å². The Balaban J connectivity index is 1.45. The normalized spacial score (nSPS) is 20.6. The summed E-state index contributed by atoms with van der Waals surface area (Å²) in [5.74, 6) is -1.70. The van der Waals surface area contributed by atoms with Crippen LogP contribution in [0.1, 0.15) is 47.2 Å². The highest BCUT2D eigenvalue weighted by Crippen LogP contribution is 2.48. The predicted molar refractivity (Wildman–Crippen MR) is 110 cm³/mol. The summed E-state index contributed by atoms with van der Waals surface area (Å²) in [5, 5.41) is 0. The summed E-state index contributed by atoms with van der Waals surface area (Å²) in [4.78, 5) is 17.1. The molecule has 1 amide bonds. The van der Waals surface area contributed by atoms with E-state index in [1.165, 1.54) is 35.9 Å². The van der Waals surface area contributed by atoms with Gasteiger partial charge >= 0.3 is 6.18 Å². The summed E-state index contributed by atoms with van der Waals surface area (Å²) >= 11 is 0. The first-order valence-corrected chi connectivity index (χ1v) is 10.9. The number of rotatable bonds is 3. The van der Waals surface area contributed by atoms with Crippen LogP contribution >= 0.6 is 0 Å². The number of anilines is 1. The fraction of sp³-hybridized carbons (Fsp3) is 0.458. The Morgan fingerprint density at radius 2 is 1.75 bits per heavy atom. The molecule has 2 aliphatic heterocycles. The van der Waals surface area contributed by atoms with E-state index >= 15 is 0 Å². The van der Waals surface area contributed by atoms with Crippen molar-refractivity contribution in [2.45, 2.75) is 37.3 Å². The number of alkyl halides is 3. The fourth-order valence-corrected chi connectivity index (χ4v) is 5.11. The van der Waals surface area contributed by atoms with Gasteiger partial charge in [-0.3, -0.25) is 4.79 Å². The highest BCUT2D eigenvalue weighted by atomic mass is 19.4. The van der Waals surface area contributed by atoms with E-state index in [-0.39, 0.29) is 12.1 Å². The number of likely N-dealkylation sites (tertiary alicyclic amines) is 1. The fourth-order valence-electron chi connectivity index (χ4n) is 5.11. The molecule has 1 saturated carbocycles. The molecule has 0 unspecified atom stereocenters. The van der Waals surface area contributed by atoms with Gasteiger partial charge in [-0.1, -0.05) is 0 Å². The second kappa shape index (κ2) is 7.54. The molecule has 2 heterocycles. The molecule has 1 aliphatic carbocycles. The van der Waals surface area contributed by atoms with Crippen LogP contribution in [0, 0.1) is 17.6 Å². The van der Waals surface area contributed by atoms with Gasteiger partial charge in [-0.25, -0.2) is 8.78 Å². The van der Waals surface area contributed by atoms with Gasteiger partial charge in [0.05, 0.1) is 5.56 Å². The first-order valence-electron chi connectivity index (χ1n) is 10.9. The Labute approximate surface area is 182 Å². The van der Waals surface area contributed by atoms with E-state index in [1.54, 1.807) is 0 Å². The Morgan fingerprint density at radius 1 is 1.03 bits per heavy atom. The summed E-state index contributed by atoms with van der Waals surface area (Å²) in [6.45, 7) is 3.01. The van der Waals surface area contributed by atoms with Crippen molar-refractivity contribution in [3.05, 3.63) is 64.7 Å². The Bertz CT molecular complexity index is 1050. The maximum Gasteiger partial charge on any atom is 0.419 e. The molecule has 0 atom stereocenters. The standard InChI is InChI=1S/C24H23F5N2O/c25-17-4-6-21-19(12-17)23(7-9-30(10-8-23)13-15-1-2-15)14-31(21)22(32)16-3-5-20(26)18(11-16)24(27,28)29/h3-6,11-12,15H,1-2,7-10,13-14H2. The molecule has 0 bridgehead atoms. The SMILES string of the molecule is O=C(c1ccc(F)c(C(F)(F)F)c1)N1CC2(CCN(CC3CC3)CC2)c2cc(F)ccc21. The van der Waals surface area contributed by atoms with Gasteiger partial charge in [0.2, 0.25) is 0 Å². The average Bonchev–Trinajstić information content (AvgIpc) is 3.51. The van der Waals surface area contributed by atoms with Crippen LogP contribution in [-0.2, 0) is 11.6 Å². The van der Waals surface area contributed by atoms with Gasteiger partial charge in [0.1, 0.15) is 11.6 Å². The first kappa shape index (κ1) is 21.4. The van der Waals surface area contributed by atoms with Crippen molar-refractivity contribution in [3.8, 4) is 0 Å². The third-order valence-corrected chi connectivity index (χ3v) is 7.07. The molecule has 3 nitrogen and oxygen atoms in total. The third-order valence-electron chi connectivity index (χ3n) is 7.07. The monoisotopic (exact) mass is 450 g/mol. The minimum Gasteiger partial charge on any atom is -0.307 e. The number of amides is 1. The van der Waals surface area contributed by atoms with E-state index in [4.69, 9.17) is 0 Å². The number of carbonyl (C=O) groups excluding carboxylic acids is 1. The molecule has 5 rings (SSSR count). The molecule has 1 spiro atoms. The van der Waals surface area contributed by atoms with Crippen LogP contribution in [-0.4, -0.2) is 37.0 Å². The average molecular weight is 450 g/mol. The predicted octanol–water partition coefficient (Wildman–Crippen LogP) is 5.39. The lowest BCUT2D eigenvalue weighted by Gasteiger charge is -2.40. The maximum atomic E-state index is 14.2. The van der Waals surface area contributed by atoms with E-state index in [1.807, 2.05) is 0 Å². The number of hydrogen-bond acceptors (Lipinski definition) is 2. The van der Waals surface area contributed by atoms with Crippen LogP contribution in [0.15, 0.2) is 36.4 Å². The van der Waals surface area contributed by atoms with E-state index < -0.39 is 34.7 Å². The molecule has 2 aromatic rings. The molecule has 2 aromatic carbocycles. The number of fused-ring (bicyclic) bond motifs is 2. The molecular weight excluding hydrogens is 427 g/mol. The molecule has 8 heteroatoms. The first-order chi connectivity index (χ1) is 15.2. The third kappa shape index (κ3) is 3.78. The lowest BCUT2D eigenvalue weighted by molar-refractivity contribution is -0.140. The van der Waals surface area contributed by atoms with Crippen LogP contribution in [0.2, 0.25) is 0 Å². The summed E-state index contributed by atoms with van der Waals surface area (Å²) in [7, 11) is 0. The molecule has 0 radical (unpaired) electrons. The van der Waals surface area contributed by atoms with Crippen molar-refractivity contribution >= 4 is 11.6 Å². The zero-order valence-corrected chi connectivity index (χ0v) is 17.4. The van der Waals surface area contributed by atoms with Crippen LogP contribution in [0.3, 0.4) is 0 Å². The van der Waals surface area contributed by atoms with E-state index in [0.29, 0.717) is 17.8 Å². The summed E-state index contributed by atoms with van der Waals surface area (Å²) in [5.41, 5.74) is -0.887. The zero-order valence-electron chi connectivity index (χ0n) is 17.4. The number of piperidine rings is 1. The molecule has 3 aliphatic rings. The van der Waals surface area contributed by atoms with Crippen molar-refractivity contribution in [1.82, 2.24) is 4.90 Å². The highest BCUT2D eigenvalue weighted by Gasteiger charge is 2.47. The van der Waals surface area contributed by atoms with E-state index in [0.717, 1.165) is 50.0 Å². The van der Waals surface area contributed by atoms with Gasteiger partial charge in [0.15, 0.2) is 0 Å². The van der Waals surface area contributed by atoms with Crippen molar-refractivity contribution in [1.29, 1.82) is 0 Å². The summed E-state index contributed by atoms with van der Waals surface area (Å²) in [6.07, 6.45) is -0.887. The Hall–Kier alpha value is -2.48. The quantitative estimate of drug-likeness (QED) is 0.586. The number of carbonyl (C=O) groups is 1. The van der Waals surface area contributed by atoms with Crippen molar-refractivity contribution < 1.29 is 26.7 Å². The van der Waals surface area contributed by atoms with E-state index in [9.17, 15) is 26.7 Å². The van der Waals surface area contributed by atoms with Gasteiger partial charge in [0.25, 0.3) is 5.91 Å². The molecule has 32 heavy (non-hydrogen) atoms. The van der Waals surface area contributed by atoms with E-state index in [2.05, 4.69) is 4.90 Å². The lowest BCUT2D eigenvalue weighted by atomic mass is 9.74. The zero-order chi connectivity index (χ0) is 22.7. The largest absolute Gasteiger partial charge is 0.419 e. The number of hydrogen-bond donors (Lipinski definition) is 0. The van der Waals surface area contributed by atoms with Crippen molar-refractivity contribution in [2.75, 3.05) is 31.1 Å². The van der Waals surface area contributed by atoms with Gasteiger partial charge in [0, 0.05) is 29.8 Å². The molecular formula is C24H23F5N2O. The number of benzene rings is 2. The number of nitrogens with zero attached hydrogens (tertiary/aromatic N) is 2. The van der Waals surface area contributed by atoms with Crippen LogP contribution in [0.25, 0.3) is 0 Å². The molecule has 1 saturated heterocycles. The Morgan fingerprint density at radius 3 is 2.41 bits per heavy atom. The molecule has 2 fully saturated rings.